The summed E-state index contributed by atoms with van der Waals surface area (Å²) in [6.45, 7) is 8.91. The Morgan fingerprint density at radius 1 is 1.09 bits per heavy atom. The molecule has 0 aliphatic carbocycles. The molecule has 0 saturated heterocycles. The molecule has 1 aromatic rings. The van der Waals surface area contributed by atoms with E-state index in [0.29, 0.717) is 13.2 Å². The van der Waals surface area contributed by atoms with Crippen LogP contribution in [0.3, 0.4) is 0 Å². The molecule has 0 aliphatic heterocycles. The molecule has 0 N–H and O–H groups in total. The summed E-state index contributed by atoms with van der Waals surface area (Å²) in [4.78, 5) is 0. The van der Waals surface area contributed by atoms with Gasteiger partial charge in [0, 0.05) is 0 Å². The van der Waals surface area contributed by atoms with Crippen LogP contribution in [0.2, 0.25) is 0 Å². The third-order valence-electron chi connectivity index (χ3n) is 2.51. The van der Waals surface area contributed by atoms with E-state index in [9.17, 15) is 0 Å². The molecular formula is C15H23N2O2PS3. The quantitative estimate of drug-likeness (QED) is 0.252. The summed E-state index contributed by atoms with van der Waals surface area (Å²) >= 11 is 8.54. The zero-order valence-corrected chi connectivity index (χ0v) is 17.2. The van der Waals surface area contributed by atoms with Crippen molar-refractivity contribution in [3.8, 4) is 0 Å². The van der Waals surface area contributed by atoms with Crippen molar-refractivity contribution < 1.29 is 9.05 Å². The van der Waals surface area contributed by atoms with Gasteiger partial charge in [0.25, 0.3) is 5.69 Å². The highest BCUT2D eigenvalue weighted by Gasteiger charge is 2.22. The summed E-state index contributed by atoms with van der Waals surface area (Å²) < 4.78 is 12.1. The molecule has 0 aromatic heterocycles. The lowest BCUT2D eigenvalue weighted by molar-refractivity contribution is 0.281. The van der Waals surface area contributed by atoms with E-state index in [-0.39, 0.29) is 0 Å². The second-order valence-electron chi connectivity index (χ2n) is 4.22. The average molecular weight is 391 g/mol. The van der Waals surface area contributed by atoms with Gasteiger partial charge in [0.1, 0.15) is 0 Å². The largest absolute Gasteiger partial charge is 0.322 e. The lowest BCUT2D eigenvalue weighted by Gasteiger charge is -2.19. The molecule has 0 saturated carbocycles. The van der Waals surface area contributed by atoms with E-state index in [2.05, 4.69) is 17.1 Å². The fraction of sp³-hybridized carbons (Fsp3) is 0.467. The molecule has 128 valence electrons. The minimum absolute atomic E-state index is 0.528. The fourth-order valence-corrected chi connectivity index (χ4v) is 8.22. The van der Waals surface area contributed by atoms with Crippen molar-refractivity contribution in [2.75, 3.05) is 19.0 Å². The average Bonchev–Trinajstić information content (AvgIpc) is 2.53. The topological polar surface area (TPSA) is 43.2 Å². The molecule has 0 heterocycles. The minimum Gasteiger partial charge on any atom is -0.322 e. The number of thioether (sulfide) groups is 1. The molecule has 0 aliphatic rings. The SMILES string of the molecule is CCOP(=S)(OCC)S/C(=N\N=C(/C)c1ccccc1)SCC. The Labute approximate surface area is 152 Å². The van der Waals surface area contributed by atoms with E-state index in [0.717, 1.165) is 21.4 Å². The highest BCUT2D eigenvalue weighted by Crippen LogP contribution is 2.62. The fourth-order valence-electron chi connectivity index (χ4n) is 1.55. The predicted octanol–water partition coefficient (Wildman–Crippen LogP) is 5.55. The normalized spacial score (nSPS) is 13.4. The van der Waals surface area contributed by atoms with Crippen LogP contribution in [0.4, 0.5) is 0 Å². The first-order valence-electron chi connectivity index (χ1n) is 7.43. The van der Waals surface area contributed by atoms with Gasteiger partial charge in [-0.25, -0.2) is 0 Å². The van der Waals surface area contributed by atoms with Gasteiger partial charge in [-0.15, -0.1) is 5.10 Å². The van der Waals surface area contributed by atoms with E-state index in [1.54, 1.807) is 11.8 Å². The van der Waals surface area contributed by atoms with E-state index < -0.39 is 5.69 Å². The van der Waals surface area contributed by atoms with Crippen molar-refractivity contribution in [1.29, 1.82) is 0 Å². The van der Waals surface area contributed by atoms with E-state index >= 15 is 0 Å². The Bertz CT molecular complexity index is 569. The predicted molar refractivity (Wildman–Crippen MR) is 109 cm³/mol. The molecule has 0 amide bonds. The summed E-state index contributed by atoms with van der Waals surface area (Å²) in [6.07, 6.45) is 0. The Morgan fingerprint density at radius 2 is 1.70 bits per heavy atom. The lowest BCUT2D eigenvalue weighted by Crippen LogP contribution is -1.97. The molecule has 0 fully saturated rings. The van der Waals surface area contributed by atoms with E-state index in [4.69, 9.17) is 20.9 Å². The number of hydrogen-bond donors (Lipinski definition) is 0. The van der Waals surface area contributed by atoms with Crippen molar-refractivity contribution in [2.24, 2.45) is 10.2 Å². The first-order valence-corrected chi connectivity index (χ1v) is 12.5. The van der Waals surface area contributed by atoms with Crippen LogP contribution in [-0.2, 0) is 20.9 Å². The maximum atomic E-state index is 5.66. The van der Waals surface area contributed by atoms with Crippen LogP contribution in [-0.4, -0.2) is 29.1 Å². The summed E-state index contributed by atoms with van der Waals surface area (Å²) in [5, 5.41) is 8.71. The molecule has 8 heteroatoms. The van der Waals surface area contributed by atoms with Crippen molar-refractivity contribution in [3.63, 3.8) is 0 Å². The number of benzene rings is 1. The van der Waals surface area contributed by atoms with Crippen LogP contribution in [0.15, 0.2) is 40.5 Å². The highest BCUT2D eigenvalue weighted by molar-refractivity contribution is 8.78. The molecule has 0 atom stereocenters. The smallest absolute Gasteiger partial charge is 0.254 e. The summed E-state index contributed by atoms with van der Waals surface area (Å²) in [7, 11) is 0. The molecule has 4 nitrogen and oxygen atoms in total. The van der Waals surface area contributed by atoms with Crippen LogP contribution >= 0.6 is 28.8 Å². The Morgan fingerprint density at radius 3 is 2.22 bits per heavy atom. The third-order valence-corrected chi connectivity index (χ3v) is 8.83. The van der Waals surface area contributed by atoms with Crippen LogP contribution in [0, 0.1) is 0 Å². The molecule has 0 radical (unpaired) electrons. The second-order valence-corrected chi connectivity index (χ2v) is 11.8. The van der Waals surface area contributed by atoms with Gasteiger partial charge >= 0.3 is 0 Å². The van der Waals surface area contributed by atoms with Gasteiger partial charge in [-0.2, -0.15) is 5.10 Å². The lowest BCUT2D eigenvalue weighted by atomic mass is 10.1. The second kappa shape index (κ2) is 11.4. The van der Waals surface area contributed by atoms with E-state index in [1.807, 2.05) is 51.1 Å². The summed E-state index contributed by atoms with van der Waals surface area (Å²) in [5.41, 5.74) is -0.493. The summed E-state index contributed by atoms with van der Waals surface area (Å²) in [6, 6.07) is 9.98. The molecule has 1 rings (SSSR count). The molecule has 1 aromatic carbocycles. The molecule has 0 unspecified atom stereocenters. The molecule has 23 heavy (non-hydrogen) atoms. The zero-order chi connectivity index (χ0) is 17.1. The number of hydrogen-bond acceptors (Lipinski definition) is 7. The zero-order valence-electron chi connectivity index (χ0n) is 13.9. The van der Waals surface area contributed by atoms with E-state index in [1.165, 1.54) is 11.4 Å². The van der Waals surface area contributed by atoms with Crippen LogP contribution < -0.4 is 0 Å². The van der Waals surface area contributed by atoms with Gasteiger partial charge in [0.15, 0.2) is 4.38 Å². The molecule has 0 spiro atoms. The maximum Gasteiger partial charge on any atom is 0.254 e. The van der Waals surface area contributed by atoms with Crippen molar-refractivity contribution in [2.45, 2.75) is 27.7 Å². The first-order chi connectivity index (χ1) is 11.0. The third kappa shape index (κ3) is 7.96. The van der Waals surface area contributed by atoms with Crippen LogP contribution in [0.5, 0.6) is 0 Å². The van der Waals surface area contributed by atoms with Crippen molar-refractivity contribution in [1.82, 2.24) is 0 Å². The number of rotatable bonds is 8. The van der Waals surface area contributed by atoms with Crippen LogP contribution in [0.25, 0.3) is 0 Å². The Balaban J connectivity index is 2.94. The Kier molecular flexibility index (Phi) is 10.3. The van der Waals surface area contributed by atoms with Gasteiger partial charge in [-0.3, -0.25) is 0 Å². The molecular weight excluding hydrogens is 367 g/mol. The maximum absolute atomic E-state index is 5.66. The van der Waals surface area contributed by atoms with Gasteiger partial charge in [0.05, 0.1) is 18.9 Å². The van der Waals surface area contributed by atoms with Gasteiger partial charge < -0.3 is 9.05 Å². The highest BCUT2D eigenvalue weighted by atomic mass is 32.9. The molecule has 0 bridgehead atoms. The van der Waals surface area contributed by atoms with Crippen molar-refractivity contribution in [3.05, 3.63) is 35.9 Å². The van der Waals surface area contributed by atoms with Crippen LogP contribution in [0.1, 0.15) is 33.3 Å². The van der Waals surface area contributed by atoms with Gasteiger partial charge in [0.2, 0.25) is 0 Å². The Hall–Kier alpha value is -0.170. The standard InChI is InChI=1S/C15H23N2O2PS3/c1-5-18-20(21,19-6-2)23-15(22-7-3)17-16-13(4)14-11-9-8-10-12-14/h8-12H,5-7H2,1-4H3/b16-13+,17-15-. The summed E-state index contributed by atoms with van der Waals surface area (Å²) in [5.74, 6) is 0.888. The first kappa shape index (κ1) is 20.9. The van der Waals surface area contributed by atoms with Crippen molar-refractivity contribution >= 4 is 50.7 Å². The minimum atomic E-state index is -2.41. The van der Waals surface area contributed by atoms with Gasteiger partial charge in [-0.05, 0) is 55.3 Å². The monoisotopic (exact) mass is 390 g/mol. The van der Waals surface area contributed by atoms with Gasteiger partial charge in [-0.1, -0.05) is 49.0 Å². The number of nitrogens with zero attached hydrogens (tertiary/aromatic N) is 2.